The summed E-state index contributed by atoms with van der Waals surface area (Å²) in [5.41, 5.74) is 3.25. The molecule has 188 valence electrons. The number of ether oxygens (including phenoxy) is 1. The molecule has 9 nitrogen and oxygen atoms in total. The molecule has 2 N–H and O–H groups in total. The zero-order chi connectivity index (χ0) is 25.0. The largest absolute Gasteiger partial charge is 0.494 e. The number of fused-ring (bicyclic) bond motifs is 2. The number of hydrogen-bond acceptors (Lipinski definition) is 6. The van der Waals surface area contributed by atoms with Crippen LogP contribution in [-0.2, 0) is 7.05 Å². The number of benzene rings is 1. The molecule has 0 unspecified atom stereocenters. The molecule has 1 aliphatic heterocycles. The fourth-order valence-corrected chi connectivity index (χ4v) is 5.17. The first kappa shape index (κ1) is 22.8. The van der Waals surface area contributed by atoms with Crippen molar-refractivity contribution in [3.05, 3.63) is 47.7 Å². The van der Waals surface area contributed by atoms with Crippen LogP contribution in [0.2, 0.25) is 0 Å². The molecule has 1 saturated carbocycles. The smallest absolute Gasteiger partial charge is 0.277 e. The first-order valence-corrected chi connectivity index (χ1v) is 12.4. The number of aryl methyl sites for hydroxylation is 2. The quantitative estimate of drug-likeness (QED) is 0.428. The molecule has 2 fully saturated rings. The molecular weight excluding hydrogens is 461 g/mol. The Bertz CT molecular complexity index is 1460. The lowest BCUT2D eigenvalue weighted by molar-refractivity contribution is 0.101. The molecular formula is C26H30FN7O2. The highest BCUT2D eigenvalue weighted by atomic mass is 19.1. The predicted octanol–water partition coefficient (Wildman–Crippen LogP) is 3.65. The SMILES string of the molecule is COc1cc2nn(C)cc2cc1NC(=O)c1c(F)cc(N2CCC(NC3CC3)CC2)c2cc(C)nn12. The van der Waals surface area contributed by atoms with Crippen LogP contribution in [0.3, 0.4) is 0 Å². The van der Waals surface area contributed by atoms with Crippen LogP contribution in [0.1, 0.15) is 41.9 Å². The number of aromatic nitrogens is 4. The number of carbonyl (C=O) groups is 1. The third-order valence-electron chi connectivity index (χ3n) is 7.08. The van der Waals surface area contributed by atoms with E-state index in [-0.39, 0.29) is 5.69 Å². The number of nitrogens with one attached hydrogen (secondary N) is 2. The number of halogens is 1. The average Bonchev–Trinajstić information content (AvgIpc) is 3.46. The molecule has 0 bridgehead atoms. The number of amides is 1. The first-order valence-electron chi connectivity index (χ1n) is 12.4. The van der Waals surface area contributed by atoms with Crippen LogP contribution in [0.4, 0.5) is 15.8 Å². The molecule has 1 aromatic carbocycles. The maximum atomic E-state index is 15.6. The summed E-state index contributed by atoms with van der Waals surface area (Å²) < 4.78 is 24.2. The van der Waals surface area contributed by atoms with E-state index >= 15 is 4.39 Å². The van der Waals surface area contributed by atoms with Gasteiger partial charge >= 0.3 is 0 Å². The number of methoxy groups -OCH3 is 1. The molecule has 0 atom stereocenters. The lowest BCUT2D eigenvalue weighted by atomic mass is 10.0. The maximum absolute atomic E-state index is 15.6. The van der Waals surface area contributed by atoms with Gasteiger partial charge in [-0.1, -0.05) is 0 Å². The Kier molecular flexibility index (Phi) is 5.55. The number of anilines is 2. The van der Waals surface area contributed by atoms with Crippen LogP contribution in [0.25, 0.3) is 16.4 Å². The van der Waals surface area contributed by atoms with Crippen LogP contribution < -0.4 is 20.3 Å². The van der Waals surface area contributed by atoms with E-state index < -0.39 is 11.7 Å². The monoisotopic (exact) mass is 491 g/mol. The van der Waals surface area contributed by atoms with E-state index in [1.807, 2.05) is 26.2 Å². The van der Waals surface area contributed by atoms with E-state index in [0.29, 0.717) is 23.5 Å². The van der Waals surface area contributed by atoms with Gasteiger partial charge in [0.15, 0.2) is 11.5 Å². The molecule has 2 aliphatic rings. The van der Waals surface area contributed by atoms with Crippen LogP contribution in [0.5, 0.6) is 5.75 Å². The van der Waals surface area contributed by atoms with Gasteiger partial charge in [-0.15, -0.1) is 0 Å². The molecule has 4 heterocycles. The fraction of sp³-hybridized carbons (Fsp3) is 0.423. The van der Waals surface area contributed by atoms with E-state index in [0.717, 1.165) is 53.7 Å². The second kappa shape index (κ2) is 8.77. The number of piperidine rings is 1. The second-order valence-electron chi connectivity index (χ2n) is 9.88. The molecule has 4 aromatic rings. The highest BCUT2D eigenvalue weighted by molar-refractivity contribution is 6.06. The van der Waals surface area contributed by atoms with Crippen molar-refractivity contribution in [2.45, 2.75) is 44.7 Å². The Hall–Kier alpha value is -3.66. The van der Waals surface area contributed by atoms with Crippen LogP contribution >= 0.6 is 0 Å². The van der Waals surface area contributed by atoms with Crippen molar-refractivity contribution in [1.82, 2.24) is 24.7 Å². The first-order chi connectivity index (χ1) is 17.4. The third-order valence-corrected chi connectivity index (χ3v) is 7.08. The molecule has 0 radical (unpaired) electrons. The van der Waals surface area contributed by atoms with Gasteiger partial charge in [0.1, 0.15) is 5.75 Å². The van der Waals surface area contributed by atoms with Gasteiger partial charge in [-0.25, -0.2) is 8.91 Å². The van der Waals surface area contributed by atoms with E-state index in [9.17, 15) is 4.79 Å². The summed E-state index contributed by atoms with van der Waals surface area (Å²) in [6.45, 7) is 3.51. The van der Waals surface area contributed by atoms with Crippen LogP contribution in [0, 0.1) is 12.7 Å². The van der Waals surface area contributed by atoms with Crippen molar-refractivity contribution >= 4 is 33.7 Å². The number of nitrogens with zero attached hydrogens (tertiary/aromatic N) is 5. The highest BCUT2D eigenvalue weighted by Crippen LogP contribution is 2.33. The molecule has 1 saturated heterocycles. The molecule has 1 amide bonds. The summed E-state index contributed by atoms with van der Waals surface area (Å²) in [6.07, 6.45) is 6.41. The Labute approximate surface area is 208 Å². The maximum Gasteiger partial charge on any atom is 0.277 e. The van der Waals surface area contributed by atoms with Gasteiger partial charge in [-0.2, -0.15) is 10.2 Å². The van der Waals surface area contributed by atoms with Crippen molar-refractivity contribution < 1.29 is 13.9 Å². The number of hydrogen-bond donors (Lipinski definition) is 2. The number of pyridine rings is 1. The Morgan fingerprint density at radius 3 is 2.56 bits per heavy atom. The molecule has 36 heavy (non-hydrogen) atoms. The predicted molar refractivity (Wildman–Crippen MR) is 136 cm³/mol. The molecule has 10 heteroatoms. The van der Waals surface area contributed by atoms with Gasteiger partial charge in [0.05, 0.1) is 35.2 Å². The van der Waals surface area contributed by atoms with Gasteiger partial charge in [0, 0.05) is 55.9 Å². The fourth-order valence-electron chi connectivity index (χ4n) is 5.17. The van der Waals surface area contributed by atoms with Crippen LogP contribution in [-0.4, -0.2) is 57.6 Å². The van der Waals surface area contributed by atoms with E-state index in [4.69, 9.17) is 4.74 Å². The van der Waals surface area contributed by atoms with Crippen LogP contribution in [0.15, 0.2) is 30.5 Å². The second-order valence-corrected chi connectivity index (χ2v) is 9.88. The van der Waals surface area contributed by atoms with Crippen molar-refractivity contribution in [1.29, 1.82) is 0 Å². The molecule has 0 spiro atoms. The molecule has 3 aromatic heterocycles. The summed E-state index contributed by atoms with van der Waals surface area (Å²) in [5, 5.41) is 16.2. The topological polar surface area (TPSA) is 88.7 Å². The van der Waals surface area contributed by atoms with Crippen molar-refractivity contribution in [3.63, 3.8) is 0 Å². The number of carbonyl (C=O) groups excluding carboxylic acids is 1. The van der Waals surface area contributed by atoms with Crippen molar-refractivity contribution in [2.24, 2.45) is 7.05 Å². The molecule has 6 rings (SSSR count). The Morgan fingerprint density at radius 1 is 1.08 bits per heavy atom. The number of rotatable bonds is 6. The van der Waals surface area contributed by atoms with Crippen molar-refractivity contribution in [2.75, 3.05) is 30.4 Å². The van der Waals surface area contributed by atoms with E-state index in [1.54, 1.807) is 16.8 Å². The third kappa shape index (κ3) is 4.15. The van der Waals surface area contributed by atoms with Gasteiger partial charge in [-0.05, 0) is 44.7 Å². The van der Waals surface area contributed by atoms with Gasteiger partial charge in [0.25, 0.3) is 5.91 Å². The summed E-state index contributed by atoms with van der Waals surface area (Å²) in [5.74, 6) is -0.763. The Balaban J connectivity index is 1.31. The Morgan fingerprint density at radius 2 is 1.83 bits per heavy atom. The van der Waals surface area contributed by atoms with E-state index in [1.165, 1.54) is 30.5 Å². The molecule has 1 aliphatic carbocycles. The summed E-state index contributed by atoms with van der Waals surface area (Å²) >= 11 is 0. The zero-order valence-electron chi connectivity index (χ0n) is 20.7. The minimum atomic E-state index is -0.613. The summed E-state index contributed by atoms with van der Waals surface area (Å²) in [6, 6.07) is 8.09. The van der Waals surface area contributed by atoms with Crippen molar-refractivity contribution in [3.8, 4) is 5.75 Å². The summed E-state index contributed by atoms with van der Waals surface area (Å²) in [4.78, 5) is 15.6. The van der Waals surface area contributed by atoms with Gasteiger partial charge in [-0.3, -0.25) is 9.48 Å². The average molecular weight is 492 g/mol. The highest BCUT2D eigenvalue weighted by Gasteiger charge is 2.29. The lowest BCUT2D eigenvalue weighted by Crippen LogP contribution is -2.43. The normalized spacial score (nSPS) is 16.7. The summed E-state index contributed by atoms with van der Waals surface area (Å²) in [7, 11) is 3.35. The van der Waals surface area contributed by atoms with E-state index in [2.05, 4.69) is 25.7 Å². The van der Waals surface area contributed by atoms with Gasteiger partial charge in [0.2, 0.25) is 0 Å². The zero-order valence-corrected chi connectivity index (χ0v) is 20.7. The minimum Gasteiger partial charge on any atom is -0.494 e. The lowest BCUT2D eigenvalue weighted by Gasteiger charge is -2.34. The standard InChI is InChI=1S/C26H30FN7O2/c1-15-10-23-22(33-8-6-18(7-9-33)28-17-4-5-17)12-19(27)25(34(23)30-15)26(35)29-21-11-16-14-32(2)31-20(16)13-24(21)36-3/h10-14,17-18,28H,4-9H2,1-3H3,(H,29,35). The minimum absolute atomic E-state index is 0.138. The van der Waals surface area contributed by atoms with Gasteiger partial charge < -0.3 is 20.3 Å².